The molecule has 0 saturated heterocycles. The van der Waals surface area contributed by atoms with Crippen LogP contribution in [0.4, 0.5) is 0 Å². The van der Waals surface area contributed by atoms with Crippen molar-refractivity contribution in [3.05, 3.63) is 82.6 Å². The van der Waals surface area contributed by atoms with Crippen LogP contribution in [0.2, 0.25) is 0 Å². The number of aliphatic imine (C=N–C) groups is 1. The van der Waals surface area contributed by atoms with Crippen molar-refractivity contribution < 1.29 is 14.4 Å². The number of nitrogens with one attached hydrogen (secondary N) is 1. The maximum atomic E-state index is 12.3. The van der Waals surface area contributed by atoms with Gasteiger partial charge in [0.25, 0.3) is 5.91 Å². The van der Waals surface area contributed by atoms with Crippen molar-refractivity contribution in [1.29, 1.82) is 5.41 Å². The Kier molecular flexibility index (Phi) is 4.53. The number of hydroxylamine groups is 2. The quantitative estimate of drug-likeness (QED) is 0.821. The normalized spacial score (nSPS) is 17.2. The first-order chi connectivity index (χ1) is 13.5. The zero-order valence-corrected chi connectivity index (χ0v) is 15.6. The van der Waals surface area contributed by atoms with Crippen molar-refractivity contribution >= 4 is 23.7 Å². The number of amides is 1. The molecule has 1 amide bonds. The second-order valence-corrected chi connectivity index (χ2v) is 6.67. The molecule has 0 fully saturated rings. The Morgan fingerprint density at radius 3 is 2.54 bits per heavy atom. The highest BCUT2D eigenvalue weighted by atomic mass is 16.7. The summed E-state index contributed by atoms with van der Waals surface area (Å²) in [5.74, 6) is 1.18. The third-order valence-electron chi connectivity index (χ3n) is 4.40. The average molecular weight is 373 g/mol. The Morgan fingerprint density at radius 1 is 1.11 bits per heavy atom. The minimum Gasteiger partial charge on any atom is -0.489 e. The lowest BCUT2D eigenvalue weighted by molar-refractivity contribution is -0.114. The van der Waals surface area contributed by atoms with Gasteiger partial charge in [-0.15, -0.1) is 5.06 Å². The van der Waals surface area contributed by atoms with Crippen molar-refractivity contribution in [2.24, 2.45) is 4.99 Å². The maximum Gasteiger partial charge on any atom is 0.282 e. The molecular weight excluding hydrogens is 354 g/mol. The summed E-state index contributed by atoms with van der Waals surface area (Å²) in [6, 6.07) is 15.5. The van der Waals surface area contributed by atoms with Crippen LogP contribution in [0.5, 0.6) is 5.75 Å². The lowest BCUT2D eigenvalue weighted by Crippen LogP contribution is -2.38. The summed E-state index contributed by atoms with van der Waals surface area (Å²) in [4.78, 5) is 21.7. The molecule has 0 atom stereocenters. The monoisotopic (exact) mass is 373 g/mol. The summed E-state index contributed by atoms with van der Waals surface area (Å²) in [6.45, 7) is 4.28. The van der Waals surface area contributed by atoms with Gasteiger partial charge in [-0.1, -0.05) is 42.0 Å². The smallest absolute Gasteiger partial charge is 0.282 e. The lowest BCUT2D eigenvalue weighted by Gasteiger charge is -2.22. The van der Waals surface area contributed by atoms with E-state index >= 15 is 0 Å². The molecule has 4 rings (SSSR count). The van der Waals surface area contributed by atoms with Crippen LogP contribution in [-0.4, -0.2) is 22.6 Å². The van der Waals surface area contributed by atoms with Crippen molar-refractivity contribution in [1.82, 2.24) is 5.06 Å². The number of amidine groups is 2. The zero-order valence-electron chi connectivity index (χ0n) is 15.6. The fourth-order valence-electron chi connectivity index (χ4n) is 2.88. The summed E-state index contributed by atoms with van der Waals surface area (Å²) in [7, 11) is 0. The molecule has 2 aliphatic rings. The van der Waals surface area contributed by atoms with Crippen LogP contribution in [0.25, 0.3) is 6.08 Å². The third-order valence-corrected chi connectivity index (χ3v) is 4.40. The van der Waals surface area contributed by atoms with Crippen LogP contribution in [0.15, 0.2) is 70.9 Å². The van der Waals surface area contributed by atoms with Gasteiger partial charge in [0, 0.05) is 6.08 Å². The molecular formula is C22H19N3O3. The molecule has 2 aliphatic heterocycles. The number of aryl methyl sites for hydroxylation is 1. The molecule has 2 heterocycles. The first-order valence-electron chi connectivity index (χ1n) is 8.88. The van der Waals surface area contributed by atoms with E-state index in [0.29, 0.717) is 18.2 Å². The van der Waals surface area contributed by atoms with Gasteiger partial charge in [-0.05, 0) is 43.2 Å². The number of nitrogens with zero attached hydrogens (tertiary/aromatic N) is 2. The Labute approximate surface area is 162 Å². The topological polar surface area (TPSA) is 75.0 Å². The van der Waals surface area contributed by atoms with Gasteiger partial charge in [-0.3, -0.25) is 10.2 Å². The Balaban J connectivity index is 1.46. The number of carbonyl (C=O) groups is 1. The molecule has 0 unspecified atom stereocenters. The molecule has 140 valence electrons. The minimum atomic E-state index is -0.453. The van der Waals surface area contributed by atoms with Crippen LogP contribution in [-0.2, 0) is 16.2 Å². The van der Waals surface area contributed by atoms with Crippen molar-refractivity contribution in [2.75, 3.05) is 0 Å². The van der Waals surface area contributed by atoms with Crippen LogP contribution in [0, 0.1) is 12.3 Å². The average Bonchev–Trinajstić information content (AvgIpc) is 3.06. The largest absolute Gasteiger partial charge is 0.489 e. The highest BCUT2D eigenvalue weighted by Gasteiger charge is 2.34. The first-order valence-corrected chi connectivity index (χ1v) is 8.88. The third kappa shape index (κ3) is 3.57. The Morgan fingerprint density at radius 2 is 1.82 bits per heavy atom. The van der Waals surface area contributed by atoms with Gasteiger partial charge < -0.3 is 9.57 Å². The standard InChI is InChI=1S/C22H19N3O3/c1-14-3-5-17(6-4-14)13-27-18-9-7-16(8-10-18)12-19-21(23)25-20(24-22(19)26)11-15(2)28-25/h3-12,23H,13H2,1-2H3/b19-12-,23-21?. The van der Waals surface area contributed by atoms with E-state index < -0.39 is 5.91 Å². The van der Waals surface area contributed by atoms with Gasteiger partial charge in [-0.2, -0.15) is 4.99 Å². The maximum absolute atomic E-state index is 12.3. The number of allylic oxidation sites excluding steroid dienone is 1. The number of hydrogen-bond acceptors (Lipinski definition) is 4. The van der Waals surface area contributed by atoms with E-state index in [0.717, 1.165) is 16.9 Å². The number of rotatable bonds is 4. The first kappa shape index (κ1) is 17.7. The second-order valence-electron chi connectivity index (χ2n) is 6.67. The fourth-order valence-corrected chi connectivity index (χ4v) is 2.88. The fraction of sp³-hybridized carbons (Fsp3) is 0.136. The van der Waals surface area contributed by atoms with Gasteiger partial charge in [0.1, 0.15) is 18.1 Å². The molecule has 0 aliphatic carbocycles. The van der Waals surface area contributed by atoms with E-state index in [1.165, 1.54) is 10.6 Å². The van der Waals surface area contributed by atoms with E-state index in [9.17, 15) is 4.79 Å². The predicted molar refractivity (Wildman–Crippen MR) is 107 cm³/mol. The van der Waals surface area contributed by atoms with Gasteiger partial charge in [0.2, 0.25) is 0 Å². The number of fused-ring (bicyclic) bond motifs is 1. The van der Waals surface area contributed by atoms with Crippen LogP contribution >= 0.6 is 0 Å². The van der Waals surface area contributed by atoms with E-state index in [1.807, 2.05) is 43.3 Å². The number of carbonyl (C=O) groups excluding carboxylic acids is 1. The number of hydrogen-bond donors (Lipinski definition) is 1. The predicted octanol–water partition coefficient (Wildman–Crippen LogP) is 4.02. The number of ether oxygens (including phenoxy) is 1. The highest BCUT2D eigenvalue weighted by molar-refractivity contribution is 6.32. The molecule has 1 N–H and O–H groups in total. The van der Waals surface area contributed by atoms with Crippen LogP contribution < -0.4 is 4.74 Å². The van der Waals surface area contributed by atoms with E-state index in [2.05, 4.69) is 17.1 Å². The molecule has 28 heavy (non-hydrogen) atoms. The molecule has 0 spiro atoms. The molecule has 6 nitrogen and oxygen atoms in total. The summed E-state index contributed by atoms with van der Waals surface area (Å²) in [5, 5.41) is 9.49. The van der Waals surface area contributed by atoms with Gasteiger partial charge in [-0.25, -0.2) is 0 Å². The SMILES string of the molecule is CC1=CC2=NC(=O)/C(=C\c3ccc(OCc4ccc(C)cc4)cc3)C(=N)N2O1. The van der Waals surface area contributed by atoms with Gasteiger partial charge in [0.05, 0.1) is 5.57 Å². The molecule has 2 aromatic carbocycles. The van der Waals surface area contributed by atoms with E-state index in [-0.39, 0.29) is 11.4 Å². The van der Waals surface area contributed by atoms with Gasteiger partial charge >= 0.3 is 0 Å². The molecule has 0 aromatic heterocycles. The molecule has 2 aromatic rings. The van der Waals surface area contributed by atoms with Crippen molar-refractivity contribution in [2.45, 2.75) is 20.5 Å². The minimum absolute atomic E-state index is 0.0252. The van der Waals surface area contributed by atoms with E-state index in [1.54, 1.807) is 19.1 Å². The summed E-state index contributed by atoms with van der Waals surface area (Å²) >= 11 is 0. The molecule has 0 radical (unpaired) electrons. The molecule has 6 heteroatoms. The lowest BCUT2D eigenvalue weighted by atomic mass is 10.1. The molecule has 0 bridgehead atoms. The number of benzene rings is 2. The molecule has 0 saturated carbocycles. The summed E-state index contributed by atoms with van der Waals surface area (Å²) in [6.07, 6.45) is 3.26. The zero-order chi connectivity index (χ0) is 19.7. The van der Waals surface area contributed by atoms with Gasteiger partial charge in [0.15, 0.2) is 11.7 Å². The van der Waals surface area contributed by atoms with Crippen molar-refractivity contribution in [3.63, 3.8) is 0 Å². The summed E-state index contributed by atoms with van der Waals surface area (Å²) in [5.41, 5.74) is 3.27. The summed E-state index contributed by atoms with van der Waals surface area (Å²) < 4.78 is 5.80. The Bertz CT molecular complexity index is 1030. The Hall–Kier alpha value is -3.67. The highest BCUT2D eigenvalue weighted by Crippen LogP contribution is 2.24. The van der Waals surface area contributed by atoms with E-state index in [4.69, 9.17) is 15.0 Å². The second kappa shape index (κ2) is 7.15. The van der Waals surface area contributed by atoms with Crippen LogP contribution in [0.1, 0.15) is 23.6 Å². The van der Waals surface area contributed by atoms with Crippen LogP contribution in [0.3, 0.4) is 0 Å². The van der Waals surface area contributed by atoms with Crippen molar-refractivity contribution in [3.8, 4) is 5.75 Å².